The summed E-state index contributed by atoms with van der Waals surface area (Å²) in [5.41, 5.74) is 6.53. The van der Waals surface area contributed by atoms with Crippen LogP contribution in [0, 0.1) is 0 Å². The summed E-state index contributed by atoms with van der Waals surface area (Å²) in [5.74, 6) is 0.517. The van der Waals surface area contributed by atoms with Gasteiger partial charge in [0.15, 0.2) is 5.75 Å². The lowest BCUT2D eigenvalue weighted by atomic mass is 10.1. The largest absolute Gasteiger partial charge is 0.395 e. The lowest BCUT2D eigenvalue weighted by Crippen LogP contribution is -1.97. The third-order valence-corrected chi connectivity index (χ3v) is 2.83. The number of nitrogen functional groups attached to an aromatic ring is 1. The van der Waals surface area contributed by atoms with Crippen molar-refractivity contribution in [2.24, 2.45) is 0 Å². The molecular weight excluding hydrogens is 258 g/mol. The lowest BCUT2D eigenvalue weighted by molar-refractivity contribution is -0.177. The summed E-state index contributed by atoms with van der Waals surface area (Å²) in [6, 6.07) is 9.62. The van der Waals surface area contributed by atoms with E-state index in [1.165, 1.54) is 7.11 Å². The fourth-order valence-corrected chi connectivity index (χ4v) is 2.04. The average Bonchev–Trinajstić information content (AvgIpc) is 2.26. The molecule has 0 spiro atoms. The van der Waals surface area contributed by atoms with Gasteiger partial charge in [-0.25, -0.2) is 0 Å². The molecule has 0 aliphatic carbocycles. The van der Waals surface area contributed by atoms with Gasteiger partial charge in [0.1, 0.15) is 0 Å². The second-order valence-corrected chi connectivity index (χ2v) is 3.92. The Morgan fingerprint density at radius 2 is 1.87 bits per heavy atom. The first kappa shape index (κ1) is 10.3. The fourth-order valence-electron chi connectivity index (χ4n) is 1.49. The summed E-state index contributed by atoms with van der Waals surface area (Å²) < 4.78 is 0.930. The van der Waals surface area contributed by atoms with Gasteiger partial charge < -0.3 is 10.6 Å². The molecule has 2 aromatic carbocycles. The highest BCUT2D eigenvalue weighted by Crippen LogP contribution is 2.36. The van der Waals surface area contributed by atoms with Gasteiger partial charge in [-0.05, 0) is 5.39 Å². The van der Waals surface area contributed by atoms with Gasteiger partial charge in [0, 0.05) is 15.9 Å². The molecule has 2 N–H and O–H groups in total. The van der Waals surface area contributed by atoms with Crippen LogP contribution in [0.5, 0.6) is 5.75 Å². The van der Waals surface area contributed by atoms with Gasteiger partial charge in [0.2, 0.25) is 0 Å². The highest BCUT2D eigenvalue weighted by molar-refractivity contribution is 9.10. The summed E-state index contributed by atoms with van der Waals surface area (Å²) >= 11 is 3.46. The summed E-state index contributed by atoms with van der Waals surface area (Å²) in [6.45, 7) is 0. The molecule has 0 aromatic heterocycles. The Labute approximate surface area is 95.8 Å². The minimum Gasteiger partial charge on any atom is -0.395 e. The SMILES string of the molecule is COOc1cc(Br)c2ccccc2c1N. The topological polar surface area (TPSA) is 44.5 Å². The van der Waals surface area contributed by atoms with Crippen molar-refractivity contribution in [2.75, 3.05) is 12.8 Å². The van der Waals surface area contributed by atoms with Crippen LogP contribution in [-0.2, 0) is 4.89 Å². The van der Waals surface area contributed by atoms with Crippen LogP contribution in [0.25, 0.3) is 10.8 Å². The first-order valence-electron chi connectivity index (χ1n) is 4.41. The van der Waals surface area contributed by atoms with E-state index in [1.807, 2.05) is 24.3 Å². The van der Waals surface area contributed by atoms with Crippen LogP contribution in [0.4, 0.5) is 5.69 Å². The Kier molecular flexibility index (Phi) is 2.79. The summed E-state index contributed by atoms with van der Waals surface area (Å²) in [5, 5.41) is 2.00. The van der Waals surface area contributed by atoms with Crippen molar-refractivity contribution in [1.29, 1.82) is 0 Å². The van der Waals surface area contributed by atoms with E-state index in [2.05, 4.69) is 20.8 Å². The van der Waals surface area contributed by atoms with Gasteiger partial charge in [0.25, 0.3) is 0 Å². The number of anilines is 1. The van der Waals surface area contributed by atoms with Crippen molar-refractivity contribution in [3.05, 3.63) is 34.8 Å². The van der Waals surface area contributed by atoms with E-state index < -0.39 is 0 Å². The Bertz CT molecular complexity index is 499. The van der Waals surface area contributed by atoms with Crippen LogP contribution in [0.2, 0.25) is 0 Å². The van der Waals surface area contributed by atoms with Crippen molar-refractivity contribution in [1.82, 2.24) is 0 Å². The third-order valence-electron chi connectivity index (χ3n) is 2.17. The number of fused-ring (bicyclic) bond motifs is 1. The molecule has 0 fully saturated rings. The Hall–Kier alpha value is -1.26. The minimum absolute atomic E-state index is 0.517. The Balaban J connectivity index is 2.72. The molecule has 0 radical (unpaired) electrons. The average molecular weight is 268 g/mol. The number of hydrogen-bond donors (Lipinski definition) is 1. The Morgan fingerprint density at radius 3 is 2.53 bits per heavy atom. The highest BCUT2D eigenvalue weighted by atomic mass is 79.9. The number of rotatable bonds is 2. The smallest absolute Gasteiger partial charge is 0.189 e. The molecule has 2 aromatic rings. The molecule has 2 rings (SSSR count). The molecule has 0 saturated heterocycles. The number of benzene rings is 2. The number of nitrogens with two attached hydrogens (primary N) is 1. The molecule has 0 aliphatic rings. The molecule has 0 heterocycles. The first-order chi connectivity index (χ1) is 7.24. The van der Waals surface area contributed by atoms with Crippen molar-refractivity contribution < 1.29 is 9.78 Å². The fraction of sp³-hybridized carbons (Fsp3) is 0.0909. The maximum atomic E-state index is 5.95. The maximum Gasteiger partial charge on any atom is 0.189 e. The predicted molar refractivity (Wildman–Crippen MR) is 63.7 cm³/mol. The van der Waals surface area contributed by atoms with Crippen molar-refractivity contribution >= 4 is 32.4 Å². The standard InChI is InChI=1S/C11H10BrNO2/c1-14-15-10-6-9(12)7-4-2-3-5-8(7)11(10)13/h2-6H,13H2,1H3. The van der Waals surface area contributed by atoms with Gasteiger partial charge in [-0.15, -0.1) is 0 Å². The van der Waals surface area contributed by atoms with Crippen molar-refractivity contribution in [3.63, 3.8) is 0 Å². The van der Waals surface area contributed by atoms with Crippen LogP contribution >= 0.6 is 15.9 Å². The second-order valence-electron chi connectivity index (χ2n) is 3.07. The van der Waals surface area contributed by atoms with Crippen LogP contribution in [0.15, 0.2) is 34.8 Å². The van der Waals surface area contributed by atoms with Crippen LogP contribution in [0.1, 0.15) is 0 Å². The predicted octanol–water partition coefficient (Wildman–Crippen LogP) is 3.12. The van der Waals surface area contributed by atoms with Gasteiger partial charge in [-0.2, -0.15) is 4.89 Å². The quantitative estimate of drug-likeness (QED) is 0.517. The zero-order valence-electron chi connectivity index (χ0n) is 8.16. The molecule has 4 heteroatoms. The van der Waals surface area contributed by atoms with Crippen molar-refractivity contribution in [2.45, 2.75) is 0 Å². The van der Waals surface area contributed by atoms with Crippen LogP contribution in [0.3, 0.4) is 0 Å². The maximum absolute atomic E-state index is 5.95. The van der Waals surface area contributed by atoms with Gasteiger partial charge in [-0.3, -0.25) is 0 Å². The first-order valence-corrected chi connectivity index (χ1v) is 5.20. The van der Waals surface area contributed by atoms with E-state index in [9.17, 15) is 0 Å². The zero-order valence-corrected chi connectivity index (χ0v) is 9.74. The summed E-state index contributed by atoms with van der Waals surface area (Å²) in [4.78, 5) is 9.58. The van der Waals surface area contributed by atoms with E-state index in [1.54, 1.807) is 6.07 Å². The molecule has 15 heavy (non-hydrogen) atoms. The number of halogens is 1. The van der Waals surface area contributed by atoms with Crippen molar-refractivity contribution in [3.8, 4) is 5.75 Å². The molecule has 78 valence electrons. The molecule has 0 bridgehead atoms. The van der Waals surface area contributed by atoms with Crippen LogP contribution < -0.4 is 10.6 Å². The van der Waals surface area contributed by atoms with Gasteiger partial charge >= 0.3 is 0 Å². The molecule has 0 atom stereocenters. The van der Waals surface area contributed by atoms with E-state index in [0.29, 0.717) is 11.4 Å². The zero-order chi connectivity index (χ0) is 10.8. The van der Waals surface area contributed by atoms with Gasteiger partial charge in [0.05, 0.1) is 12.8 Å². The molecule has 0 unspecified atom stereocenters. The second kappa shape index (κ2) is 4.08. The molecular formula is C11H10BrNO2. The number of hydrogen-bond acceptors (Lipinski definition) is 3. The van der Waals surface area contributed by atoms with E-state index >= 15 is 0 Å². The monoisotopic (exact) mass is 267 g/mol. The van der Waals surface area contributed by atoms with Crippen LogP contribution in [-0.4, -0.2) is 7.11 Å². The minimum atomic E-state index is 0.517. The molecule has 0 aliphatic heterocycles. The van der Waals surface area contributed by atoms with E-state index in [0.717, 1.165) is 15.2 Å². The normalized spacial score (nSPS) is 10.5. The molecule has 0 saturated carbocycles. The lowest BCUT2D eigenvalue weighted by Gasteiger charge is -2.09. The summed E-state index contributed by atoms with van der Waals surface area (Å²) in [7, 11) is 1.45. The Morgan fingerprint density at radius 1 is 1.20 bits per heavy atom. The summed E-state index contributed by atoms with van der Waals surface area (Å²) in [6.07, 6.45) is 0. The van der Waals surface area contributed by atoms with E-state index in [4.69, 9.17) is 10.6 Å². The molecule has 0 amide bonds. The van der Waals surface area contributed by atoms with Gasteiger partial charge in [-0.1, -0.05) is 40.2 Å². The highest BCUT2D eigenvalue weighted by Gasteiger charge is 2.09. The third kappa shape index (κ3) is 1.78. The molecule has 3 nitrogen and oxygen atoms in total. The van der Waals surface area contributed by atoms with E-state index in [-0.39, 0.29) is 0 Å².